The number of ketones is 1. The Morgan fingerprint density at radius 2 is 1.89 bits per heavy atom. The minimum absolute atomic E-state index is 0.0638. The molecule has 0 N–H and O–H groups in total. The van der Waals surface area contributed by atoms with Crippen LogP contribution in [0.15, 0.2) is 0 Å². The molecule has 0 aliphatic heterocycles. The summed E-state index contributed by atoms with van der Waals surface area (Å²) in [6, 6.07) is 2.19. The molecule has 106 valence electrons. The second kappa shape index (κ2) is 4.62. The number of carbonyl (C=O) groups excluding carboxylic acids is 1. The van der Waals surface area contributed by atoms with Crippen LogP contribution in [0.25, 0.3) is 0 Å². The lowest BCUT2D eigenvalue weighted by Gasteiger charge is -2.72. The fourth-order valence-corrected chi connectivity index (χ4v) is 4.13. The first-order valence-electron chi connectivity index (χ1n) is 7.66. The van der Waals surface area contributed by atoms with E-state index >= 15 is 0 Å². The molecule has 0 spiro atoms. The van der Waals surface area contributed by atoms with Gasteiger partial charge in [-0.15, -0.1) is 0 Å². The molecule has 0 unspecified atom stereocenters. The van der Waals surface area contributed by atoms with Crippen molar-refractivity contribution in [3.8, 4) is 6.07 Å². The Balaban J connectivity index is 1.82. The summed E-state index contributed by atoms with van der Waals surface area (Å²) >= 11 is 0. The molecular formula is C17H27NO. The average molecular weight is 261 g/mol. The van der Waals surface area contributed by atoms with Crippen molar-refractivity contribution >= 4 is 5.78 Å². The van der Waals surface area contributed by atoms with E-state index in [1.165, 1.54) is 0 Å². The van der Waals surface area contributed by atoms with E-state index in [0.717, 1.165) is 38.0 Å². The molecule has 0 aromatic heterocycles. The number of hydrogen-bond acceptors (Lipinski definition) is 2. The van der Waals surface area contributed by atoms with Crippen LogP contribution in [-0.4, -0.2) is 5.78 Å². The molecule has 2 nitrogen and oxygen atoms in total. The summed E-state index contributed by atoms with van der Waals surface area (Å²) in [6.45, 7) is 8.93. The highest BCUT2D eigenvalue weighted by molar-refractivity contribution is 5.88. The van der Waals surface area contributed by atoms with Crippen molar-refractivity contribution in [1.29, 1.82) is 5.26 Å². The van der Waals surface area contributed by atoms with E-state index in [0.29, 0.717) is 24.0 Å². The van der Waals surface area contributed by atoms with Gasteiger partial charge in [0.05, 0.1) is 6.07 Å². The summed E-state index contributed by atoms with van der Waals surface area (Å²) < 4.78 is 0. The summed E-state index contributed by atoms with van der Waals surface area (Å²) in [4.78, 5) is 12.5. The van der Waals surface area contributed by atoms with Crippen molar-refractivity contribution in [3.05, 3.63) is 0 Å². The van der Waals surface area contributed by atoms with Crippen molar-refractivity contribution in [2.75, 3.05) is 0 Å². The Labute approximate surface area is 117 Å². The van der Waals surface area contributed by atoms with Crippen molar-refractivity contribution in [1.82, 2.24) is 0 Å². The second-order valence-corrected chi connectivity index (χ2v) is 8.10. The Hall–Kier alpha value is -0.840. The molecule has 2 heteroatoms. The average Bonchev–Trinajstić information content (AvgIpc) is 2.11. The molecule has 19 heavy (non-hydrogen) atoms. The van der Waals surface area contributed by atoms with E-state index in [1.54, 1.807) is 0 Å². The smallest absolute Gasteiger partial charge is 0.139 e. The minimum atomic E-state index is 0.0638. The fourth-order valence-electron chi connectivity index (χ4n) is 4.13. The van der Waals surface area contributed by atoms with E-state index in [-0.39, 0.29) is 10.8 Å². The number of rotatable bonds is 7. The molecule has 0 aromatic rings. The number of carbonyl (C=O) groups is 1. The van der Waals surface area contributed by atoms with Gasteiger partial charge in [0.2, 0.25) is 0 Å². The number of unbranched alkanes of at least 4 members (excludes halogenated alkanes) is 1. The van der Waals surface area contributed by atoms with Gasteiger partial charge in [-0.2, -0.15) is 5.26 Å². The zero-order chi connectivity index (χ0) is 14.3. The Morgan fingerprint density at radius 3 is 2.37 bits per heavy atom. The van der Waals surface area contributed by atoms with Gasteiger partial charge in [0.1, 0.15) is 5.78 Å². The third-order valence-electron chi connectivity index (χ3n) is 5.67. The van der Waals surface area contributed by atoms with Gasteiger partial charge in [-0.3, -0.25) is 4.79 Å². The summed E-state index contributed by atoms with van der Waals surface area (Å²) in [7, 11) is 0. The van der Waals surface area contributed by atoms with Crippen LogP contribution >= 0.6 is 0 Å². The van der Waals surface area contributed by atoms with Gasteiger partial charge in [-0.05, 0) is 48.9 Å². The molecule has 0 heterocycles. The zero-order valence-corrected chi connectivity index (χ0v) is 12.9. The van der Waals surface area contributed by atoms with Crippen molar-refractivity contribution in [2.45, 2.75) is 72.6 Å². The Kier molecular flexibility index (Phi) is 3.54. The van der Waals surface area contributed by atoms with E-state index < -0.39 is 0 Å². The molecule has 3 saturated carbocycles. The molecule has 0 amide bonds. The number of nitrogens with zero attached hydrogens (tertiary/aromatic N) is 1. The molecule has 2 bridgehead atoms. The predicted molar refractivity (Wildman–Crippen MR) is 76.4 cm³/mol. The molecule has 0 atom stereocenters. The monoisotopic (exact) mass is 261 g/mol. The van der Waals surface area contributed by atoms with Gasteiger partial charge in [0.15, 0.2) is 0 Å². The third kappa shape index (κ3) is 2.45. The van der Waals surface area contributed by atoms with Crippen LogP contribution in [0.3, 0.4) is 0 Å². The molecule has 0 aromatic carbocycles. The maximum absolute atomic E-state index is 12.5. The van der Waals surface area contributed by atoms with Crippen LogP contribution < -0.4 is 0 Å². The minimum Gasteiger partial charge on any atom is -0.299 e. The van der Waals surface area contributed by atoms with E-state index in [1.807, 2.05) is 0 Å². The van der Waals surface area contributed by atoms with Crippen LogP contribution in [0.4, 0.5) is 0 Å². The van der Waals surface area contributed by atoms with Crippen LogP contribution in [-0.2, 0) is 4.79 Å². The lowest BCUT2D eigenvalue weighted by Crippen LogP contribution is -2.67. The number of hydrogen-bond donors (Lipinski definition) is 0. The Bertz CT molecular complexity index is 394. The highest BCUT2D eigenvalue weighted by Crippen LogP contribution is 2.76. The molecule has 0 saturated heterocycles. The van der Waals surface area contributed by atoms with Gasteiger partial charge < -0.3 is 0 Å². The van der Waals surface area contributed by atoms with Gasteiger partial charge >= 0.3 is 0 Å². The first-order valence-corrected chi connectivity index (χ1v) is 7.66. The highest BCUT2D eigenvalue weighted by Gasteiger charge is 2.71. The SMILES string of the molecule is CC(C)C12CC(C(=O)CC(C)(C)CCCC#N)(C1)C2. The number of Topliss-reactive ketones (excluding diaryl/α,β-unsaturated/α-hetero) is 1. The largest absolute Gasteiger partial charge is 0.299 e. The summed E-state index contributed by atoms with van der Waals surface area (Å²) in [5.41, 5.74) is 0.645. The van der Waals surface area contributed by atoms with Crippen LogP contribution in [0.5, 0.6) is 0 Å². The molecule has 3 aliphatic carbocycles. The maximum Gasteiger partial charge on any atom is 0.139 e. The Morgan fingerprint density at radius 1 is 1.32 bits per heavy atom. The molecule has 3 rings (SSSR count). The first kappa shape index (κ1) is 14.6. The van der Waals surface area contributed by atoms with Crippen molar-refractivity contribution < 1.29 is 4.79 Å². The van der Waals surface area contributed by atoms with E-state index in [4.69, 9.17) is 5.26 Å². The van der Waals surface area contributed by atoms with E-state index in [9.17, 15) is 4.79 Å². The molecule has 0 radical (unpaired) electrons. The fraction of sp³-hybridized carbons (Fsp3) is 0.882. The first-order chi connectivity index (χ1) is 8.75. The topological polar surface area (TPSA) is 40.9 Å². The maximum atomic E-state index is 12.5. The highest BCUT2D eigenvalue weighted by atomic mass is 16.1. The quantitative estimate of drug-likeness (QED) is 0.633. The van der Waals surface area contributed by atoms with Crippen LogP contribution in [0.1, 0.15) is 72.6 Å². The van der Waals surface area contributed by atoms with Crippen molar-refractivity contribution in [3.63, 3.8) is 0 Å². The molecule has 3 aliphatic rings. The second-order valence-electron chi connectivity index (χ2n) is 8.10. The standard InChI is InChI=1S/C17H27NO/c1-13(2)16-10-17(11-16,12-16)14(19)9-15(3,4)7-5-6-8-18/h13H,5-7,9-12H2,1-4H3. The normalized spacial score (nSPS) is 32.4. The zero-order valence-electron chi connectivity index (χ0n) is 12.9. The van der Waals surface area contributed by atoms with Crippen molar-refractivity contribution in [2.24, 2.45) is 22.2 Å². The number of nitriles is 1. The van der Waals surface area contributed by atoms with Gasteiger partial charge in [-0.25, -0.2) is 0 Å². The lowest BCUT2D eigenvalue weighted by atomic mass is 9.31. The van der Waals surface area contributed by atoms with Gasteiger partial charge in [-0.1, -0.05) is 27.7 Å². The molecule has 3 fully saturated rings. The summed E-state index contributed by atoms with van der Waals surface area (Å²) in [6.07, 6.45) is 6.64. The third-order valence-corrected chi connectivity index (χ3v) is 5.67. The van der Waals surface area contributed by atoms with E-state index in [2.05, 4.69) is 33.8 Å². The predicted octanol–water partition coefficient (Wildman–Crippen LogP) is 4.49. The van der Waals surface area contributed by atoms with Gasteiger partial charge in [0.25, 0.3) is 0 Å². The van der Waals surface area contributed by atoms with Gasteiger partial charge in [0, 0.05) is 18.3 Å². The van der Waals surface area contributed by atoms with Crippen LogP contribution in [0, 0.1) is 33.5 Å². The summed E-state index contributed by atoms with van der Waals surface area (Å²) in [5.74, 6) is 1.22. The lowest BCUT2D eigenvalue weighted by molar-refractivity contribution is -0.224. The molecular weight excluding hydrogens is 234 g/mol. The summed E-state index contributed by atoms with van der Waals surface area (Å²) in [5, 5.41) is 8.59. The van der Waals surface area contributed by atoms with Crippen LogP contribution in [0.2, 0.25) is 0 Å².